The number of aromatic nitrogens is 1. The second kappa shape index (κ2) is 5.56. The van der Waals surface area contributed by atoms with Gasteiger partial charge < -0.3 is 5.73 Å². The van der Waals surface area contributed by atoms with E-state index in [1.54, 1.807) is 6.20 Å². The predicted octanol–water partition coefficient (Wildman–Crippen LogP) is 1.95. The van der Waals surface area contributed by atoms with E-state index in [0.29, 0.717) is 4.99 Å². The highest BCUT2D eigenvalue weighted by molar-refractivity contribution is 7.80. The first-order valence-electron chi connectivity index (χ1n) is 6.16. The summed E-state index contributed by atoms with van der Waals surface area (Å²) in [5.74, 6) is 0.867. The van der Waals surface area contributed by atoms with Crippen LogP contribution in [0.1, 0.15) is 31.0 Å². The van der Waals surface area contributed by atoms with Crippen LogP contribution in [0.5, 0.6) is 0 Å². The highest BCUT2D eigenvalue weighted by atomic mass is 32.1. The summed E-state index contributed by atoms with van der Waals surface area (Å²) in [5.41, 5.74) is 7.56. The van der Waals surface area contributed by atoms with E-state index in [-0.39, 0.29) is 0 Å². The molecule has 1 unspecified atom stereocenters. The Kier molecular flexibility index (Phi) is 4.07. The summed E-state index contributed by atoms with van der Waals surface area (Å²) in [7, 11) is 0. The largest absolute Gasteiger partial charge is 0.388 e. The first-order valence-corrected chi connectivity index (χ1v) is 6.57. The molecule has 1 aromatic rings. The van der Waals surface area contributed by atoms with Crippen molar-refractivity contribution in [1.29, 1.82) is 0 Å². The van der Waals surface area contributed by atoms with Gasteiger partial charge in [0.1, 0.15) is 4.99 Å². The van der Waals surface area contributed by atoms with E-state index >= 15 is 0 Å². The third-order valence-electron chi connectivity index (χ3n) is 3.43. The van der Waals surface area contributed by atoms with E-state index in [9.17, 15) is 0 Å². The standard InChI is InChI=1S/C13H19N3S/c1-2-10-4-6-16(8-10)9-11-3-5-15-12(7-11)13(14)17/h3,5,7,10H,2,4,6,8-9H2,1H3,(H2,14,17). The Hall–Kier alpha value is -1.00. The minimum absolute atomic E-state index is 0.375. The SMILES string of the molecule is CCC1CCN(Cc2ccnc(C(N)=S)c2)C1. The van der Waals surface area contributed by atoms with Crippen molar-refractivity contribution in [3.05, 3.63) is 29.6 Å². The van der Waals surface area contributed by atoms with Gasteiger partial charge in [-0.2, -0.15) is 0 Å². The van der Waals surface area contributed by atoms with Crippen molar-refractivity contribution in [2.24, 2.45) is 11.7 Å². The van der Waals surface area contributed by atoms with Gasteiger partial charge in [0.15, 0.2) is 0 Å². The number of likely N-dealkylation sites (tertiary alicyclic amines) is 1. The van der Waals surface area contributed by atoms with Gasteiger partial charge in [-0.3, -0.25) is 9.88 Å². The molecule has 3 nitrogen and oxygen atoms in total. The number of hydrogen-bond acceptors (Lipinski definition) is 3. The molecule has 1 fully saturated rings. The van der Waals surface area contributed by atoms with E-state index < -0.39 is 0 Å². The predicted molar refractivity (Wildman–Crippen MR) is 73.8 cm³/mol. The van der Waals surface area contributed by atoms with E-state index in [1.807, 2.05) is 12.1 Å². The molecule has 1 aliphatic rings. The van der Waals surface area contributed by atoms with Gasteiger partial charge in [-0.15, -0.1) is 0 Å². The summed E-state index contributed by atoms with van der Waals surface area (Å²) >= 11 is 4.94. The van der Waals surface area contributed by atoms with Gasteiger partial charge in [0.2, 0.25) is 0 Å². The van der Waals surface area contributed by atoms with Crippen LogP contribution in [0.3, 0.4) is 0 Å². The highest BCUT2D eigenvalue weighted by Crippen LogP contribution is 2.20. The lowest BCUT2D eigenvalue weighted by molar-refractivity contribution is 0.315. The van der Waals surface area contributed by atoms with Crippen LogP contribution in [0.4, 0.5) is 0 Å². The maximum Gasteiger partial charge on any atom is 0.122 e. The molecule has 0 spiro atoms. The summed E-state index contributed by atoms with van der Waals surface area (Å²) in [5, 5.41) is 0. The lowest BCUT2D eigenvalue weighted by Gasteiger charge is -2.15. The van der Waals surface area contributed by atoms with Crippen molar-refractivity contribution >= 4 is 17.2 Å². The van der Waals surface area contributed by atoms with Crippen LogP contribution < -0.4 is 5.73 Å². The van der Waals surface area contributed by atoms with Crippen molar-refractivity contribution in [2.45, 2.75) is 26.3 Å². The molecule has 0 amide bonds. The van der Waals surface area contributed by atoms with E-state index in [2.05, 4.69) is 16.8 Å². The zero-order chi connectivity index (χ0) is 12.3. The first kappa shape index (κ1) is 12.5. The molecular formula is C13H19N3S. The Balaban J connectivity index is 1.99. The summed E-state index contributed by atoms with van der Waals surface area (Å²) in [6.07, 6.45) is 4.39. The molecule has 0 aromatic carbocycles. The van der Waals surface area contributed by atoms with Gasteiger partial charge in [0.05, 0.1) is 5.69 Å². The molecule has 92 valence electrons. The van der Waals surface area contributed by atoms with Crippen molar-refractivity contribution in [3.8, 4) is 0 Å². The van der Waals surface area contributed by atoms with Crippen LogP contribution in [0, 0.1) is 5.92 Å². The molecular weight excluding hydrogens is 230 g/mol. The lowest BCUT2D eigenvalue weighted by atomic mass is 10.1. The van der Waals surface area contributed by atoms with E-state index in [1.165, 1.54) is 31.5 Å². The average Bonchev–Trinajstić information content (AvgIpc) is 2.77. The maximum atomic E-state index is 5.59. The fourth-order valence-electron chi connectivity index (χ4n) is 2.36. The zero-order valence-corrected chi connectivity index (χ0v) is 11.0. The molecule has 2 heterocycles. The minimum atomic E-state index is 0.375. The Labute approximate surface area is 108 Å². The molecule has 17 heavy (non-hydrogen) atoms. The topological polar surface area (TPSA) is 42.2 Å². The Morgan fingerprint density at radius 3 is 3.12 bits per heavy atom. The Morgan fingerprint density at radius 1 is 1.65 bits per heavy atom. The molecule has 0 radical (unpaired) electrons. The van der Waals surface area contributed by atoms with E-state index in [4.69, 9.17) is 18.0 Å². The molecule has 1 aromatic heterocycles. The molecule has 1 saturated heterocycles. The van der Waals surface area contributed by atoms with Crippen molar-refractivity contribution in [2.75, 3.05) is 13.1 Å². The maximum absolute atomic E-state index is 5.59. The number of thiocarbonyl (C=S) groups is 1. The van der Waals surface area contributed by atoms with Crippen LogP contribution in [-0.4, -0.2) is 28.0 Å². The summed E-state index contributed by atoms with van der Waals surface area (Å²) in [6.45, 7) is 5.66. The monoisotopic (exact) mass is 249 g/mol. The van der Waals surface area contributed by atoms with Crippen LogP contribution in [0.25, 0.3) is 0 Å². The third-order valence-corrected chi connectivity index (χ3v) is 3.64. The summed E-state index contributed by atoms with van der Waals surface area (Å²) in [4.78, 5) is 7.03. The fourth-order valence-corrected chi connectivity index (χ4v) is 2.47. The van der Waals surface area contributed by atoms with Gasteiger partial charge in [0, 0.05) is 19.3 Å². The van der Waals surface area contributed by atoms with E-state index in [0.717, 1.165) is 18.2 Å². The van der Waals surface area contributed by atoms with Gasteiger partial charge in [0.25, 0.3) is 0 Å². The number of hydrogen-bond donors (Lipinski definition) is 1. The Morgan fingerprint density at radius 2 is 2.47 bits per heavy atom. The summed E-state index contributed by atoms with van der Waals surface area (Å²) < 4.78 is 0. The molecule has 0 saturated carbocycles. The molecule has 0 aliphatic carbocycles. The van der Waals surface area contributed by atoms with Crippen LogP contribution in [-0.2, 0) is 6.54 Å². The van der Waals surface area contributed by atoms with Crippen molar-refractivity contribution in [3.63, 3.8) is 0 Å². The molecule has 4 heteroatoms. The van der Waals surface area contributed by atoms with Crippen LogP contribution in [0.15, 0.2) is 18.3 Å². The zero-order valence-electron chi connectivity index (χ0n) is 10.2. The van der Waals surface area contributed by atoms with Crippen molar-refractivity contribution in [1.82, 2.24) is 9.88 Å². The van der Waals surface area contributed by atoms with Crippen molar-refractivity contribution < 1.29 is 0 Å². The normalized spacial score (nSPS) is 20.6. The van der Waals surface area contributed by atoms with Gasteiger partial charge in [-0.05, 0) is 36.6 Å². The van der Waals surface area contributed by atoms with Crippen LogP contribution >= 0.6 is 12.2 Å². The number of pyridine rings is 1. The molecule has 1 aliphatic heterocycles. The highest BCUT2D eigenvalue weighted by Gasteiger charge is 2.20. The lowest BCUT2D eigenvalue weighted by Crippen LogP contribution is -2.20. The molecule has 2 rings (SSSR count). The number of nitrogens with zero attached hydrogens (tertiary/aromatic N) is 2. The second-order valence-electron chi connectivity index (χ2n) is 4.71. The molecule has 1 atom stereocenters. The van der Waals surface area contributed by atoms with Gasteiger partial charge >= 0.3 is 0 Å². The minimum Gasteiger partial charge on any atom is -0.388 e. The smallest absolute Gasteiger partial charge is 0.122 e. The van der Waals surface area contributed by atoms with Crippen LogP contribution in [0.2, 0.25) is 0 Å². The Bertz CT molecular complexity index is 405. The first-order chi connectivity index (χ1) is 8.19. The number of rotatable bonds is 4. The second-order valence-corrected chi connectivity index (χ2v) is 5.15. The van der Waals surface area contributed by atoms with Gasteiger partial charge in [-0.1, -0.05) is 25.6 Å². The van der Waals surface area contributed by atoms with Gasteiger partial charge in [-0.25, -0.2) is 0 Å². The quantitative estimate of drug-likeness (QED) is 0.828. The summed E-state index contributed by atoms with van der Waals surface area (Å²) in [6, 6.07) is 4.04. The molecule has 0 bridgehead atoms. The third kappa shape index (κ3) is 3.23. The average molecular weight is 249 g/mol. The number of nitrogens with two attached hydrogens (primary N) is 1. The fraction of sp³-hybridized carbons (Fsp3) is 0.538. The molecule has 2 N–H and O–H groups in total.